The molecule has 0 aromatic carbocycles. The highest BCUT2D eigenvalue weighted by Crippen LogP contribution is 2.46. The predicted molar refractivity (Wildman–Crippen MR) is 58.1 cm³/mol. The summed E-state index contributed by atoms with van der Waals surface area (Å²) in [5.74, 6) is -12.5. The lowest BCUT2D eigenvalue weighted by atomic mass is 10.0. The fourth-order valence-corrected chi connectivity index (χ4v) is 1.87. The number of thioether (sulfide) groups is 1. The summed E-state index contributed by atoms with van der Waals surface area (Å²) in [6, 6.07) is 0. The maximum absolute atomic E-state index is 13.1. The van der Waals surface area contributed by atoms with Gasteiger partial charge in [-0.2, -0.15) is 30.7 Å². The summed E-state index contributed by atoms with van der Waals surface area (Å²) < 4.78 is 112. The molecule has 0 heterocycles. The first kappa shape index (κ1) is 20.4. The first-order valence-corrected chi connectivity index (χ1v) is 6.53. The minimum atomic E-state index is -6.57. The Morgan fingerprint density at radius 2 is 1.52 bits per heavy atom. The summed E-state index contributed by atoms with van der Waals surface area (Å²) in [5, 5.41) is -0.511. The third kappa shape index (κ3) is 4.96. The smallest absolute Gasteiger partial charge is 0.287 e. The summed E-state index contributed by atoms with van der Waals surface area (Å²) in [5.41, 5.74) is 0. The van der Waals surface area contributed by atoms with Crippen molar-refractivity contribution in [1.29, 1.82) is 0 Å². The second-order valence-electron chi connectivity index (χ2n) is 3.99. The van der Waals surface area contributed by atoms with Crippen molar-refractivity contribution in [2.75, 3.05) is 5.75 Å². The minimum absolute atomic E-state index is 0.00407. The number of carbonyl (C=O) groups is 1. The zero-order chi connectivity index (χ0) is 17.1. The van der Waals surface area contributed by atoms with Crippen LogP contribution in [0.25, 0.3) is 0 Å². The third-order valence-corrected chi connectivity index (χ3v) is 3.43. The van der Waals surface area contributed by atoms with Crippen molar-refractivity contribution in [2.45, 2.75) is 50.1 Å². The van der Waals surface area contributed by atoms with Crippen LogP contribution in [0.3, 0.4) is 0 Å². The van der Waals surface area contributed by atoms with E-state index in [2.05, 4.69) is 0 Å². The molecule has 0 aromatic rings. The maximum Gasteiger partial charge on any atom is 0.456 e. The minimum Gasteiger partial charge on any atom is -0.287 e. The number of hydrogen-bond donors (Lipinski definition) is 0. The first-order valence-electron chi connectivity index (χ1n) is 5.54. The van der Waals surface area contributed by atoms with Crippen molar-refractivity contribution in [3.8, 4) is 0 Å². The van der Waals surface area contributed by atoms with Crippen molar-refractivity contribution >= 4 is 16.9 Å². The molecule has 0 aliphatic heterocycles. The Morgan fingerprint density at radius 3 is 1.90 bits per heavy atom. The van der Waals surface area contributed by atoms with Gasteiger partial charge in [0.15, 0.2) is 11.3 Å². The van der Waals surface area contributed by atoms with Gasteiger partial charge in [-0.1, -0.05) is 18.7 Å². The molecule has 0 spiro atoms. The molecule has 0 aliphatic rings. The average Bonchev–Trinajstić information content (AvgIpc) is 2.35. The third-order valence-electron chi connectivity index (χ3n) is 2.37. The fourth-order valence-electron chi connectivity index (χ4n) is 1.11. The molecule has 0 aliphatic carbocycles. The largest absolute Gasteiger partial charge is 0.456 e. The second-order valence-corrected chi connectivity index (χ2v) is 5.14. The van der Waals surface area contributed by atoms with Gasteiger partial charge in [0.25, 0.3) is 0 Å². The van der Waals surface area contributed by atoms with Gasteiger partial charge in [-0.15, -0.1) is 0 Å². The molecule has 2 atom stereocenters. The molecule has 21 heavy (non-hydrogen) atoms. The molecule has 0 aromatic heterocycles. The van der Waals surface area contributed by atoms with E-state index in [0.29, 0.717) is 11.8 Å². The van der Waals surface area contributed by atoms with Crippen molar-refractivity contribution in [2.24, 2.45) is 0 Å². The van der Waals surface area contributed by atoms with Crippen LogP contribution >= 0.6 is 11.8 Å². The molecule has 0 radical (unpaired) electrons. The summed E-state index contributed by atoms with van der Waals surface area (Å²) in [4.78, 5) is 10.8. The molecule has 0 N–H and O–H groups in total. The van der Waals surface area contributed by atoms with E-state index in [0.717, 1.165) is 0 Å². The molecule has 11 heteroatoms. The quantitative estimate of drug-likeness (QED) is 0.627. The molecular formula is C10H11F9OS. The highest BCUT2D eigenvalue weighted by molar-refractivity contribution is 8.13. The molecule has 2 unspecified atom stereocenters. The molecule has 1 nitrogen and oxygen atoms in total. The Hall–Kier alpha value is -0.610. The van der Waals surface area contributed by atoms with Gasteiger partial charge in [0.05, 0.1) is 0 Å². The van der Waals surface area contributed by atoms with E-state index in [1.165, 1.54) is 6.92 Å². The summed E-state index contributed by atoms with van der Waals surface area (Å²) in [7, 11) is 0. The van der Waals surface area contributed by atoms with Crippen LogP contribution in [0.4, 0.5) is 39.5 Å². The molecular weight excluding hydrogens is 339 g/mol. The van der Waals surface area contributed by atoms with Gasteiger partial charge in [-0.3, -0.25) is 4.79 Å². The summed E-state index contributed by atoms with van der Waals surface area (Å²) in [6.07, 6.45) is -16.4. The van der Waals surface area contributed by atoms with Crippen molar-refractivity contribution < 1.29 is 44.3 Å². The Bertz CT molecular complexity index is 355. The van der Waals surface area contributed by atoms with E-state index in [9.17, 15) is 44.3 Å². The second kappa shape index (κ2) is 7.10. The van der Waals surface area contributed by atoms with Crippen LogP contribution in [-0.2, 0) is 4.79 Å². The Balaban J connectivity index is 4.82. The summed E-state index contributed by atoms with van der Waals surface area (Å²) >= 11 is 0.401. The summed E-state index contributed by atoms with van der Waals surface area (Å²) in [6.45, 7) is 1.42. The Kier molecular flexibility index (Phi) is 6.89. The van der Waals surface area contributed by atoms with Crippen LogP contribution in [0.5, 0.6) is 0 Å². The van der Waals surface area contributed by atoms with Crippen LogP contribution in [0.1, 0.15) is 19.8 Å². The van der Waals surface area contributed by atoms with Crippen LogP contribution in [-0.4, -0.2) is 41.2 Å². The van der Waals surface area contributed by atoms with Gasteiger partial charge in [-0.05, 0) is 6.42 Å². The molecule has 0 amide bonds. The Labute approximate surface area is 118 Å². The fraction of sp³-hybridized carbons (Fsp3) is 0.900. The highest BCUT2D eigenvalue weighted by atomic mass is 32.2. The SMILES string of the molecule is CCC(=O)SCCC(F)C(F)(F)C(F)C(F)(F)C(F)(F)F. The van der Waals surface area contributed by atoms with Crippen molar-refractivity contribution in [3.63, 3.8) is 0 Å². The monoisotopic (exact) mass is 350 g/mol. The van der Waals surface area contributed by atoms with Gasteiger partial charge < -0.3 is 0 Å². The lowest BCUT2D eigenvalue weighted by Crippen LogP contribution is -2.56. The van der Waals surface area contributed by atoms with Crippen molar-refractivity contribution in [1.82, 2.24) is 0 Å². The predicted octanol–water partition coefficient (Wildman–Crippen LogP) is 4.56. The lowest BCUT2D eigenvalue weighted by molar-refractivity contribution is -0.332. The molecule has 126 valence electrons. The van der Waals surface area contributed by atoms with Gasteiger partial charge in [0.1, 0.15) is 0 Å². The topological polar surface area (TPSA) is 17.1 Å². The molecule has 0 bridgehead atoms. The Morgan fingerprint density at radius 1 is 1.05 bits per heavy atom. The number of hydrogen-bond acceptors (Lipinski definition) is 2. The number of alkyl halides is 9. The molecule has 0 saturated heterocycles. The number of rotatable bonds is 7. The van der Waals surface area contributed by atoms with E-state index in [4.69, 9.17) is 0 Å². The van der Waals surface area contributed by atoms with E-state index < -0.39 is 47.7 Å². The van der Waals surface area contributed by atoms with Crippen molar-refractivity contribution in [3.05, 3.63) is 0 Å². The molecule has 0 rings (SSSR count). The van der Waals surface area contributed by atoms with E-state index >= 15 is 0 Å². The van der Waals surface area contributed by atoms with Crippen LogP contribution in [0.15, 0.2) is 0 Å². The van der Waals surface area contributed by atoms with Crippen LogP contribution < -0.4 is 0 Å². The van der Waals surface area contributed by atoms with E-state index in [1.54, 1.807) is 0 Å². The molecule has 0 fully saturated rings. The standard InChI is InChI=1S/C10H11F9OS/c1-2-6(20)21-4-3-5(11)8(13,14)7(12)9(15,16)10(17,18)19/h5,7H,2-4H2,1H3. The lowest BCUT2D eigenvalue weighted by Gasteiger charge is -2.30. The zero-order valence-corrected chi connectivity index (χ0v) is 11.3. The first-order chi connectivity index (χ1) is 9.28. The highest BCUT2D eigenvalue weighted by Gasteiger charge is 2.71. The van der Waals surface area contributed by atoms with Gasteiger partial charge in [0, 0.05) is 12.2 Å². The van der Waals surface area contributed by atoms with Gasteiger partial charge in [0.2, 0.25) is 6.17 Å². The van der Waals surface area contributed by atoms with Crippen LogP contribution in [0.2, 0.25) is 0 Å². The number of halogens is 9. The van der Waals surface area contributed by atoms with Crippen LogP contribution in [0, 0.1) is 0 Å². The zero-order valence-electron chi connectivity index (χ0n) is 10.5. The maximum atomic E-state index is 13.1. The van der Waals surface area contributed by atoms with E-state index in [1.807, 2.05) is 0 Å². The number of carbonyl (C=O) groups excluding carboxylic acids is 1. The molecule has 0 saturated carbocycles. The van der Waals surface area contributed by atoms with Gasteiger partial charge >= 0.3 is 18.0 Å². The van der Waals surface area contributed by atoms with Gasteiger partial charge in [-0.25, -0.2) is 8.78 Å². The normalized spacial score (nSPS) is 16.7. The van der Waals surface area contributed by atoms with E-state index in [-0.39, 0.29) is 6.42 Å². The average molecular weight is 350 g/mol.